The summed E-state index contributed by atoms with van der Waals surface area (Å²) < 4.78 is 17.3. The topological polar surface area (TPSA) is 88.5 Å². The van der Waals surface area contributed by atoms with Crippen molar-refractivity contribution in [2.75, 3.05) is 39.4 Å². The summed E-state index contributed by atoms with van der Waals surface area (Å²) in [6, 6.07) is 21.5. The first kappa shape index (κ1) is 27.1. The van der Waals surface area contributed by atoms with Crippen molar-refractivity contribution in [3.63, 3.8) is 0 Å². The van der Waals surface area contributed by atoms with Gasteiger partial charge in [-0.15, -0.1) is 0 Å². The molecule has 212 valence electrons. The van der Waals surface area contributed by atoms with Crippen LogP contribution < -0.4 is 9.47 Å². The minimum absolute atomic E-state index is 0.0480. The quantitative estimate of drug-likeness (QED) is 0.240. The van der Waals surface area contributed by atoms with Crippen LogP contribution in [0.2, 0.25) is 0 Å². The van der Waals surface area contributed by atoms with Crippen LogP contribution in [0.15, 0.2) is 78.4 Å². The van der Waals surface area contributed by atoms with E-state index in [1.807, 2.05) is 73.7 Å². The Kier molecular flexibility index (Phi) is 7.76. The normalized spacial score (nSPS) is 22.0. The third-order valence-corrected chi connectivity index (χ3v) is 7.84. The van der Waals surface area contributed by atoms with Gasteiger partial charge in [-0.1, -0.05) is 30.3 Å². The molecular weight excluding hydrogens is 520 g/mol. The van der Waals surface area contributed by atoms with E-state index < -0.39 is 17.7 Å². The first-order chi connectivity index (χ1) is 20.0. The van der Waals surface area contributed by atoms with Gasteiger partial charge >= 0.3 is 0 Å². The van der Waals surface area contributed by atoms with E-state index in [2.05, 4.69) is 4.90 Å². The highest BCUT2D eigenvalue weighted by molar-refractivity contribution is 6.46. The second kappa shape index (κ2) is 11.8. The molecule has 3 heterocycles. The Morgan fingerprint density at radius 2 is 1.73 bits per heavy atom. The number of ketones is 1. The minimum Gasteiger partial charge on any atom is -0.507 e. The molecule has 0 aromatic heterocycles. The number of likely N-dealkylation sites (tertiary alicyclic amines) is 1. The van der Waals surface area contributed by atoms with E-state index in [1.165, 1.54) is 0 Å². The van der Waals surface area contributed by atoms with Crippen LogP contribution in [0.4, 0.5) is 0 Å². The highest BCUT2D eigenvalue weighted by Crippen LogP contribution is 2.41. The Morgan fingerprint density at radius 3 is 2.54 bits per heavy atom. The van der Waals surface area contributed by atoms with Gasteiger partial charge in [-0.05, 0) is 66.9 Å². The van der Waals surface area contributed by atoms with Gasteiger partial charge in [0.25, 0.3) is 11.7 Å². The third-order valence-electron chi connectivity index (χ3n) is 7.84. The van der Waals surface area contributed by atoms with E-state index in [9.17, 15) is 14.7 Å². The molecule has 3 aromatic rings. The number of amides is 1. The molecule has 0 saturated carbocycles. The molecule has 1 N–H and O–H groups in total. The Labute approximate surface area is 239 Å². The van der Waals surface area contributed by atoms with Gasteiger partial charge in [0.15, 0.2) is 0 Å². The number of carbonyl (C=O) groups excluding carboxylic acids is 2. The van der Waals surface area contributed by atoms with Crippen LogP contribution in [0.5, 0.6) is 17.2 Å². The van der Waals surface area contributed by atoms with Gasteiger partial charge < -0.3 is 24.2 Å². The molecule has 0 spiro atoms. The summed E-state index contributed by atoms with van der Waals surface area (Å²) in [5, 5.41) is 11.6. The van der Waals surface area contributed by atoms with Crippen molar-refractivity contribution in [2.24, 2.45) is 0 Å². The molecule has 6 rings (SSSR count). The molecule has 2 atom stereocenters. The van der Waals surface area contributed by atoms with Gasteiger partial charge in [-0.3, -0.25) is 14.5 Å². The number of nitrogens with zero attached hydrogens (tertiary/aromatic N) is 2. The van der Waals surface area contributed by atoms with Gasteiger partial charge in [-0.25, -0.2) is 0 Å². The minimum atomic E-state index is -0.748. The van der Waals surface area contributed by atoms with Crippen LogP contribution in [-0.4, -0.2) is 72.1 Å². The molecule has 2 saturated heterocycles. The largest absolute Gasteiger partial charge is 0.507 e. The molecule has 41 heavy (non-hydrogen) atoms. The number of benzene rings is 3. The first-order valence-corrected chi connectivity index (χ1v) is 14.2. The molecule has 1 amide bonds. The van der Waals surface area contributed by atoms with E-state index in [0.717, 1.165) is 30.9 Å². The van der Waals surface area contributed by atoms with Crippen LogP contribution in [-0.2, 0) is 20.7 Å². The third kappa shape index (κ3) is 5.71. The number of aliphatic hydroxyl groups is 1. The Morgan fingerprint density at radius 1 is 0.951 bits per heavy atom. The number of hydrogen-bond acceptors (Lipinski definition) is 7. The molecule has 3 aliphatic heterocycles. The SMILES string of the molecule is CC1Cc2cc(/C(O)=C3\C(=O)C(=O)N(CCCN4CCOCC4)C3c3cccc(Oc4ccccc4)c3)ccc2O1. The lowest BCUT2D eigenvalue weighted by atomic mass is 9.94. The molecule has 2 fully saturated rings. The molecular formula is C33H34N2O6. The number of morpholine rings is 1. The molecule has 3 aliphatic rings. The van der Waals surface area contributed by atoms with E-state index >= 15 is 0 Å². The second-order valence-electron chi connectivity index (χ2n) is 10.7. The fourth-order valence-electron chi connectivity index (χ4n) is 5.84. The average Bonchev–Trinajstić information content (AvgIpc) is 3.49. The van der Waals surface area contributed by atoms with Crippen molar-refractivity contribution >= 4 is 17.4 Å². The number of fused-ring (bicyclic) bond motifs is 1. The highest BCUT2D eigenvalue weighted by Gasteiger charge is 2.46. The van der Waals surface area contributed by atoms with Crippen LogP contribution >= 0.6 is 0 Å². The maximum Gasteiger partial charge on any atom is 0.295 e. The zero-order chi connectivity index (χ0) is 28.3. The Balaban J connectivity index is 1.35. The summed E-state index contributed by atoms with van der Waals surface area (Å²) in [6.07, 6.45) is 1.46. The van der Waals surface area contributed by atoms with E-state index in [-0.39, 0.29) is 17.4 Å². The maximum absolute atomic E-state index is 13.5. The predicted octanol–water partition coefficient (Wildman–Crippen LogP) is 4.95. The summed E-state index contributed by atoms with van der Waals surface area (Å²) in [5.74, 6) is 0.570. The van der Waals surface area contributed by atoms with Crippen LogP contribution in [0, 0.1) is 0 Å². The van der Waals surface area contributed by atoms with Crippen molar-refractivity contribution in [1.29, 1.82) is 0 Å². The highest BCUT2D eigenvalue weighted by atomic mass is 16.5. The van der Waals surface area contributed by atoms with Crippen molar-refractivity contribution in [1.82, 2.24) is 9.80 Å². The monoisotopic (exact) mass is 554 g/mol. The van der Waals surface area contributed by atoms with Crippen molar-refractivity contribution in [3.8, 4) is 17.2 Å². The smallest absolute Gasteiger partial charge is 0.295 e. The zero-order valence-electron chi connectivity index (χ0n) is 23.1. The number of ether oxygens (including phenoxy) is 3. The number of Topliss-reactive ketones (excluding diaryl/α,β-unsaturated/α-hetero) is 1. The average molecular weight is 555 g/mol. The number of aliphatic hydroxyl groups excluding tert-OH is 1. The Bertz CT molecular complexity index is 1460. The lowest BCUT2D eigenvalue weighted by Crippen LogP contribution is -2.38. The first-order valence-electron chi connectivity index (χ1n) is 14.2. The number of para-hydroxylation sites is 1. The summed E-state index contributed by atoms with van der Waals surface area (Å²) >= 11 is 0. The number of hydrogen-bond donors (Lipinski definition) is 1. The zero-order valence-corrected chi connectivity index (χ0v) is 23.1. The number of rotatable bonds is 8. The molecule has 3 aromatic carbocycles. The van der Waals surface area contributed by atoms with Gasteiger partial charge in [-0.2, -0.15) is 0 Å². The summed E-state index contributed by atoms with van der Waals surface area (Å²) in [7, 11) is 0. The standard InChI is InChI=1S/C33H34N2O6/c1-22-19-25-20-24(11-12-28(25)40-22)31(36)29-30(23-7-5-10-27(21-23)41-26-8-3-2-4-9-26)35(33(38)32(29)37)14-6-13-34-15-17-39-18-16-34/h2-5,7-12,20-22,30,36H,6,13-19H2,1H3/b31-29+. The van der Waals surface area contributed by atoms with Crippen molar-refractivity contribution < 1.29 is 28.9 Å². The fraction of sp³-hybridized carbons (Fsp3) is 0.333. The van der Waals surface area contributed by atoms with Crippen molar-refractivity contribution in [3.05, 3.63) is 95.1 Å². The van der Waals surface area contributed by atoms with Crippen LogP contribution in [0.1, 0.15) is 36.1 Å². The molecule has 0 radical (unpaired) electrons. The van der Waals surface area contributed by atoms with Gasteiger partial charge in [0, 0.05) is 38.2 Å². The van der Waals surface area contributed by atoms with Gasteiger partial charge in [0.2, 0.25) is 0 Å². The lowest BCUT2D eigenvalue weighted by Gasteiger charge is -2.29. The maximum atomic E-state index is 13.5. The van der Waals surface area contributed by atoms with Crippen LogP contribution in [0.3, 0.4) is 0 Å². The van der Waals surface area contributed by atoms with E-state index in [1.54, 1.807) is 11.0 Å². The molecule has 0 aliphatic carbocycles. The van der Waals surface area contributed by atoms with Gasteiger partial charge in [0.1, 0.15) is 29.1 Å². The summed E-state index contributed by atoms with van der Waals surface area (Å²) in [4.78, 5) is 30.9. The second-order valence-corrected chi connectivity index (χ2v) is 10.7. The Hall–Kier alpha value is -4.14. The van der Waals surface area contributed by atoms with Crippen LogP contribution in [0.25, 0.3) is 5.76 Å². The van der Waals surface area contributed by atoms with E-state index in [0.29, 0.717) is 55.2 Å². The predicted molar refractivity (Wildman–Crippen MR) is 154 cm³/mol. The van der Waals surface area contributed by atoms with Crippen molar-refractivity contribution in [2.45, 2.75) is 31.9 Å². The summed E-state index contributed by atoms with van der Waals surface area (Å²) in [6.45, 7) is 6.25. The molecule has 8 nitrogen and oxygen atoms in total. The molecule has 8 heteroatoms. The molecule has 2 unspecified atom stereocenters. The van der Waals surface area contributed by atoms with Gasteiger partial charge in [0.05, 0.1) is 24.8 Å². The summed E-state index contributed by atoms with van der Waals surface area (Å²) in [5.41, 5.74) is 2.25. The number of carbonyl (C=O) groups is 2. The molecule has 0 bridgehead atoms. The lowest BCUT2D eigenvalue weighted by molar-refractivity contribution is -0.140. The van der Waals surface area contributed by atoms with E-state index in [4.69, 9.17) is 14.2 Å². The fourth-order valence-corrected chi connectivity index (χ4v) is 5.84.